The van der Waals surface area contributed by atoms with E-state index in [4.69, 9.17) is 0 Å². The lowest BCUT2D eigenvalue weighted by molar-refractivity contribution is -0.115. The molecule has 3 rings (SSSR count). The molecule has 1 aromatic heterocycles. The molecule has 1 N–H and O–H groups in total. The minimum absolute atomic E-state index is 0.133. The van der Waals surface area contributed by atoms with E-state index in [2.05, 4.69) is 20.7 Å². The Morgan fingerprint density at radius 2 is 2.00 bits per heavy atom. The van der Waals surface area contributed by atoms with E-state index in [-0.39, 0.29) is 12.3 Å². The third kappa shape index (κ3) is 2.95. The number of benzene rings is 2. The maximum atomic E-state index is 12.1. The summed E-state index contributed by atoms with van der Waals surface area (Å²) in [5.74, 6) is 0.196. The molecule has 3 aromatic rings. The molecule has 0 bridgehead atoms. The molecular formula is C16H12N4O2. The molecule has 0 aliphatic rings. The van der Waals surface area contributed by atoms with E-state index < -0.39 is 0 Å². The Morgan fingerprint density at radius 3 is 2.86 bits per heavy atom. The first-order chi connectivity index (χ1) is 10.8. The number of nitroso groups, excluding NO2 is 1. The monoisotopic (exact) mass is 292 g/mol. The Bertz CT molecular complexity index is 843. The van der Waals surface area contributed by atoms with Crippen LogP contribution in [0.5, 0.6) is 0 Å². The predicted molar refractivity (Wildman–Crippen MR) is 83.8 cm³/mol. The molecular weight excluding hydrogens is 280 g/mol. The van der Waals surface area contributed by atoms with Gasteiger partial charge in [-0.25, -0.2) is 0 Å². The Kier molecular flexibility index (Phi) is 3.82. The summed E-state index contributed by atoms with van der Waals surface area (Å²) >= 11 is 0. The Labute approximate surface area is 126 Å². The second kappa shape index (κ2) is 6.09. The average Bonchev–Trinajstić information content (AvgIpc) is 2.55. The van der Waals surface area contributed by atoms with Crippen LogP contribution < -0.4 is 5.32 Å². The van der Waals surface area contributed by atoms with Crippen molar-refractivity contribution in [3.8, 4) is 0 Å². The third-order valence-corrected chi connectivity index (χ3v) is 3.21. The van der Waals surface area contributed by atoms with E-state index in [0.717, 1.165) is 10.8 Å². The predicted octanol–water partition coefficient (Wildman–Crippen LogP) is 3.21. The van der Waals surface area contributed by atoms with Crippen LogP contribution in [0.25, 0.3) is 10.8 Å². The maximum Gasteiger partial charge on any atom is 0.230 e. The summed E-state index contributed by atoms with van der Waals surface area (Å²) in [6.07, 6.45) is 1.78. The summed E-state index contributed by atoms with van der Waals surface area (Å²) in [4.78, 5) is 22.7. The number of nitrogens with one attached hydrogen (secondary N) is 1. The molecule has 0 fully saturated rings. The van der Waals surface area contributed by atoms with Gasteiger partial charge in [-0.05, 0) is 22.9 Å². The van der Waals surface area contributed by atoms with Gasteiger partial charge in [0, 0.05) is 10.8 Å². The van der Waals surface area contributed by atoms with Gasteiger partial charge >= 0.3 is 0 Å². The van der Waals surface area contributed by atoms with Gasteiger partial charge < -0.3 is 5.32 Å². The normalized spacial score (nSPS) is 10.4. The zero-order chi connectivity index (χ0) is 15.4. The lowest BCUT2D eigenvalue weighted by atomic mass is 10.1. The maximum absolute atomic E-state index is 12.1. The zero-order valence-corrected chi connectivity index (χ0v) is 11.6. The highest BCUT2D eigenvalue weighted by Gasteiger charge is 2.09. The summed E-state index contributed by atoms with van der Waals surface area (Å²) in [6.45, 7) is 0. The van der Waals surface area contributed by atoms with Gasteiger partial charge in [0.15, 0.2) is 5.82 Å². The SMILES string of the molecule is O=Nc1cccc(CC(=O)Nc2nncc3ccccc23)c1. The lowest BCUT2D eigenvalue weighted by Gasteiger charge is -2.07. The molecule has 0 atom stereocenters. The molecule has 0 radical (unpaired) electrons. The molecule has 0 spiro atoms. The van der Waals surface area contributed by atoms with E-state index in [0.29, 0.717) is 17.1 Å². The van der Waals surface area contributed by atoms with Gasteiger partial charge in [-0.3, -0.25) is 4.79 Å². The topological polar surface area (TPSA) is 84.3 Å². The Balaban J connectivity index is 1.80. The summed E-state index contributed by atoms with van der Waals surface area (Å²) in [7, 11) is 0. The van der Waals surface area contributed by atoms with E-state index in [1.807, 2.05) is 24.3 Å². The van der Waals surface area contributed by atoms with Gasteiger partial charge in [-0.15, -0.1) is 10.0 Å². The lowest BCUT2D eigenvalue weighted by Crippen LogP contribution is -2.15. The highest BCUT2D eigenvalue weighted by Crippen LogP contribution is 2.20. The van der Waals surface area contributed by atoms with Crippen molar-refractivity contribution in [2.75, 3.05) is 5.32 Å². The number of hydrogen-bond acceptors (Lipinski definition) is 5. The number of nitrogens with zero attached hydrogens (tertiary/aromatic N) is 3. The molecule has 1 heterocycles. The number of rotatable bonds is 4. The van der Waals surface area contributed by atoms with Gasteiger partial charge in [-0.1, -0.05) is 36.4 Å². The van der Waals surface area contributed by atoms with Crippen LogP contribution in [0.15, 0.2) is 59.9 Å². The van der Waals surface area contributed by atoms with E-state index >= 15 is 0 Å². The quantitative estimate of drug-likeness (QED) is 0.748. The van der Waals surface area contributed by atoms with Crippen LogP contribution >= 0.6 is 0 Å². The Morgan fingerprint density at radius 1 is 1.14 bits per heavy atom. The van der Waals surface area contributed by atoms with Gasteiger partial charge in [0.2, 0.25) is 5.91 Å². The molecule has 2 aromatic carbocycles. The number of carbonyl (C=O) groups is 1. The van der Waals surface area contributed by atoms with E-state index in [1.165, 1.54) is 0 Å². The van der Waals surface area contributed by atoms with Crippen LogP contribution in [0.2, 0.25) is 0 Å². The van der Waals surface area contributed by atoms with Crippen LogP contribution in [0.3, 0.4) is 0 Å². The molecule has 22 heavy (non-hydrogen) atoms. The van der Waals surface area contributed by atoms with Gasteiger partial charge in [-0.2, -0.15) is 5.10 Å². The van der Waals surface area contributed by atoms with Crippen LogP contribution in [-0.4, -0.2) is 16.1 Å². The summed E-state index contributed by atoms with van der Waals surface area (Å²) < 4.78 is 0. The molecule has 0 aliphatic carbocycles. The van der Waals surface area contributed by atoms with Crippen molar-refractivity contribution < 1.29 is 4.79 Å². The first kappa shape index (κ1) is 13.8. The average molecular weight is 292 g/mol. The minimum Gasteiger partial charge on any atom is -0.308 e. The second-order valence-electron chi connectivity index (χ2n) is 4.77. The smallest absolute Gasteiger partial charge is 0.230 e. The van der Waals surface area contributed by atoms with Crippen molar-refractivity contribution in [1.82, 2.24) is 10.2 Å². The van der Waals surface area contributed by atoms with Crippen LogP contribution in [0.4, 0.5) is 11.5 Å². The summed E-state index contributed by atoms with van der Waals surface area (Å²) in [5, 5.41) is 15.2. The largest absolute Gasteiger partial charge is 0.308 e. The van der Waals surface area contributed by atoms with Crippen molar-refractivity contribution in [2.45, 2.75) is 6.42 Å². The number of fused-ring (bicyclic) bond motifs is 1. The fourth-order valence-corrected chi connectivity index (χ4v) is 2.21. The molecule has 0 saturated heterocycles. The third-order valence-electron chi connectivity index (χ3n) is 3.21. The number of anilines is 1. The van der Waals surface area contributed by atoms with Crippen molar-refractivity contribution in [3.05, 3.63) is 65.2 Å². The summed E-state index contributed by atoms with van der Waals surface area (Å²) in [6, 6.07) is 14.2. The highest BCUT2D eigenvalue weighted by molar-refractivity contribution is 6.00. The van der Waals surface area contributed by atoms with Crippen molar-refractivity contribution in [1.29, 1.82) is 0 Å². The Hall–Kier alpha value is -3.15. The molecule has 1 amide bonds. The van der Waals surface area contributed by atoms with Crippen molar-refractivity contribution in [3.63, 3.8) is 0 Å². The first-order valence-corrected chi connectivity index (χ1v) is 6.69. The molecule has 0 saturated carbocycles. The first-order valence-electron chi connectivity index (χ1n) is 6.69. The van der Waals surface area contributed by atoms with Gasteiger partial charge in [0.05, 0.1) is 12.6 Å². The zero-order valence-electron chi connectivity index (χ0n) is 11.6. The van der Waals surface area contributed by atoms with E-state index in [1.54, 1.807) is 30.5 Å². The molecule has 6 heteroatoms. The highest BCUT2D eigenvalue weighted by atomic mass is 16.3. The van der Waals surface area contributed by atoms with Crippen LogP contribution in [0, 0.1) is 4.91 Å². The number of aromatic nitrogens is 2. The fourth-order valence-electron chi connectivity index (χ4n) is 2.21. The minimum atomic E-state index is -0.228. The fraction of sp³-hybridized carbons (Fsp3) is 0.0625. The number of hydrogen-bond donors (Lipinski definition) is 1. The van der Waals surface area contributed by atoms with Crippen molar-refractivity contribution >= 4 is 28.2 Å². The van der Waals surface area contributed by atoms with E-state index in [9.17, 15) is 9.70 Å². The van der Waals surface area contributed by atoms with Gasteiger partial charge in [0.25, 0.3) is 0 Å². The number of amides is 1. The summed E-state index contributed by atoms with van der Waals surface area (Å²) in [5.41, 5.74) is 1.01. The molecule has 0 unspecified atom stereocenters. The molecule has 108 valence electrons. The molecule has 0 aliphatic heterocycles. The molecule has 6 nitrogen and oxygen atoms in total. The van der Waals surface area contributed by atoms with Crippen LogP contribution in [-0.2, 0) is 11.2 Å². The standard InChI is InChI=1S/C16H12N4O2/c21-15(9-11-4-3-6-13(8-11)20-22)18-16-14-7-2-1-5-12(14)10-17-19-16/h1-8,10H,9H2,(H,18,19,21). The van der Waals surface area contributed by atoms with Gasteiger partial charge in [0.1, 0.15) is 5.69 Å². The second-order valence-corrected chi connectivity index (χ2v) is 4.77. The van der Waals surface area contributed by atoms with Crippen LogP contribution in [0.1, 0.15) is 5.56 Å². The van der Waals surface area contributed by atoms with Crippen molar-refractivity contribution in [2.24, 2.45) is 5.18 Å². The number of carbonyl (C=O) groups excluding carboxylic acids is 1.